The number of hydrogen-bond donors (Lipinski definition) is 0. The van der Waals surface area contributed by atoms with E-state index in [1.807, 2.05) is 11.3 Å². The van der Waals surface area contributed by atoms with Crippen LogP contribution in [0.1, 0.15) is 6.42 Å². The van der Waals surface area contributed by atoms with Gasteiger partial charge in [-0.1, -0.05) is 12.2 Å². The summed E-state index contributed by atoms with van der Waals surface area (Å²) in [5.41, 5.74) is 0. The van der Waals surface area contributed by atoms with E-state index in [1.54, 1.807) is 0 Å². The van der Waals surface area contributed by atoms with Crippen molar-refractivity contribution in [2.24, 2.45) is 0 Å². The molecule has 0 aliphatic heterocycles. The maximum atomic E-state index is 2.39. The number of allylic oxidation sites excluding steroid dienone is 2. The van der Waals surface area contributed by atoms with E-state index in [1.165, 1.54) is 16.2 Å². The van der Waals surface area contributed by atoms with Crippen LogP contribution in [0.5, 0.6) is 0 Å². The molecule has 0 amide bonds. The summed E-state index contributed by atoms with van der Waals surface area (Å²) in [4.78, 5) is 0. The highest BCUT2D eigenvalue weighted by Gasteiger charge is 1.97. The van der Waals surface area contributed by atoms with Gasteiger partial charge in [-0.3, -0.25) is 0 Å². The minimum absolute atomic E-state index is 1.08. The molecule has 0 unspecified atom stereocenters. The second kappa shape index (κ2) is 3.79. The molecule has 0 fully saturated rings. The zero-order valence-electron chi connectivity index (χ0n) is 6.18. The fourth-order valence-electron chi connectivity index (χ4n) is 1.12. The molecule has 3 heteroatoms. The highest BCUT2D eigenvalue weighted by molar-refractivity contribution is 14.1. The van der Waals surface area contributed by atoms with Crippen molar-refractivity contribution in [3.05, 3.63) is 28.4 Å². The van der Waals surface area contributed by atoms with Crippen molar-refractivity contribution in [2.75, 3.05) is 0 Å². The highest BCUT2D eigenvalue weighted by Crippen LogP contribution is 2.13. The lowest BCUT2D eigenvalue weighted by Crippen LogP contribution is -2.15. The molecule has 1 aromatic rings. The van der Waals surface area contributed by atoms with E-state index in [2.05, 4.69) is 69.5 Å². The molecule has 12 heavy (non-hydrogen) atoms. The van der Waals surface area contributed by atoms with Crippen LogP contribution in [0.25, 0.3) is 12.2 Å². The van der Waals surface area contributed by atoms with Gasteiger partial charge in [-0.05, 0) is 72.5 Å². The van der Waals surface area contributed by atoms with E-state index in [-0.39, 0.29) is 0 Å². The van der Waals surface area contributed by atoms with Crippen LogP contribution in [0.2, 0.25) is 0 Å². The minimum atomic E-state index is 1.08. The summed E-state index contributed by atoms with van der Waals surface area (Å²) in [5.74, 6) is 0. The van der Waals surface area contributed by atoms with Crippen LogP contribution >= 0.6 is 56.5 Å². The summed E-state index contributed by atoms with van der Waals surface area (Å²) >= 11 is 6.62. The first kappa shape index (κ1) is 9.21. The molecule has 0 bridgehead atoms. The third kappa shape index (κ3) is 1.93. The maximum absolute atomic E-state index is 2.39. The fourth-order valence-corrected chi connectivity index (χ4v) is 3.36. The summed E-state index contributed by atoms with van der Waals surface area (Å²) in [7, 11) is 0. The van der Waals surface area contributed by atoms with Gasteiger partial charge in [-0.15, -0.1) is 11.3 Å². The summed E-state index contributed by atoms with van der Waals surface area (Å²) in [5, 5.41) is 1.40. The highest BCUT2D eigenvalue weighted by atomic mass is 127. The van der Waals surface area contributed by atoms with E-state index in [4.69, 9.17) is 0 Å². The summed E-state index contributed by atoms with van der Waals surface area (Å²) < 4.78 is 4.17. The lowest BCUT2D eigenvalue weighted by atomic mass is 10.3. The Hall–Kier alpha value is 0.640. The van der Waals surface area contributed by atoms with Crippen molar-refractivity contribution in [2.45, 2.75) is 6.42 Å². The van der Waals surface area contributed by atoms with E-state index >= 15 is 0 Å². The summed E-state index contributed by atoms with van der Waals surface area (Å²) in [6.07, 6.45) is 7.80. The molecule has 1 heterocycles. The first-order valence-corrected chi connectivity index (χ1v) is 6.55. The Balaban J connectivity index is 2.70. The number of rotatable bonds is 0. The Labute approximate surface area is 102 Å². The topological polar surface area (TPSA) is 0 Å². The van der Waals surface area contributed by atoms with Crippen LogP contribution in [0.15, 0.2) is 15.7 Å². The van der Waals surface area contributed by atoms with Crippen molar-refractivity contribution in [1.29, 1.82) is 0 Å². The van der Waals surface area contributed by atoms with Crippen LogP contribution < -0.4 is 9.75 Å². The molecule has 0 nitrogen and oxygen atoms in total. The standard InChI is InChI=1S/C9H6I2S/c10-7-2-1-6-5-9(11)12-8(6)4-3-7/h1,3-5H,2H2. The van der Waals surface area contributed by atoms with Gasteiger partial charge in [0.25, 0.3) is 0 Å². The van der Waals surface area contributed by atoms with Crippen molar-refractivity contribution in [3.63, 3.8) is 0 Å². The number of thiophene rings is 1. The molecule has 0 saturated carbocycles. The monoisotopic (exact) mass is 400 g/mol. The van der Waals surface area contributed by atoms with Crippen molar-refractivity contribution in [3.8, 4) is 0 Å². The Kier molecular flexibility index (Phi) is 2.91. The first-order valence-electron chi connectivity index (χ1n) is 3.57. The molecule has 62 valence electrons. The smallest absolute Gasteiger partial charge is 0.0665 e. The van der Waals surface area contributed by atoms with Crippen LogP contribution in [-0.4, -0.2) is 0 Å². The fraction of sp³-hybridized carbons (Fsp3) is 0.111. The van der Waals surface area contributed by atoms with Crippen LogP contribution in [0, 0.1) is 2.88 Å². The Bertz CT molecular complexity index is 440. The van der Waals surface area contributed by atoms with Crippen molar-refractivity contribution < 1.29 is 0 Å². The van der Waals surface area contributed by atoms with Gasteiger partial charge >= 0.3 is 0 Å². The zero-order valence-corrected chi connectivity index (χ0v) is 11.3. The minimum Gasteiger partial charge on any atom is -0.129 e. The van der Waals surface area contributed by atoms with Gasteiger partial charge in [0, 0.05) is 4.53 Å². The van der Waals surface area contributed by atoms with Crippen LogP contribution in [-0.2, 0) is 0 Å². The van der Waals surface area contributed by atoms with Gasteiger partial charge in [0.1, 0.15) is 0 Å². The van der Waals surface area contributed by atoms with Gasteiger partial charge in [0.2, 0.25) is 0 Å². The molecular weight excluding hydrogens is 394 g/mol. The number of halogens is 2. The van der Waals surface area contributed by atoms with Crippen LogP contribution in [0.3, 0.4) is 0 Å². The molecule has 1 aliphatic carbocycles. The predicted octanol–water partition coefficient (Wildman–Crippen LogP) is 2.64. The van der Waals surface area contributed by atoms with E-state index in [9.17, 15) is 0 Å². The summed E-state index contributed by atoms with van der Waals surface area (Å²) in [6.45, 7) is 0. The van der Waals surface area contributed by atoms with Crippen molar-refractivity contribution in [1.82, 2.24) is 0 Å². The normalized spacial score (nSPS) is 15.3. The zero-order chi connectivity index (χ0) is 8.55. The first-order chi connectivity index (χ1) is 5.75. The average molecular weight is 400 g/mol. The number of hydrogen-bond acceptors (Lipinski definition) is 1. The third-order valence-corrected chi connectivity index (χ3v) is 4.37. The second-order valence-electron chi connectivity index (χ2n) is 2.56. The molecule has 0 spiro atoms. The lowest BCUT2D eigenvalue weighted by molar-refractivity contribution is 1.47. The molecule has 0 atom stereocenters. The molecular formula is C9H6I2S. The summed E-state index contributed by atoms with van der Waals surface area (Å²) in [6, 6.07) is 2.25. The van der Waals surface area contributed by atoms with E-state index in [0.29, 0.717) is 0 Å². The second-order valence-corrected chi connectivity index (χ2v) is 6.92. The van der Waals surface area contributed by atoms with Gasteiger partial charge in [0.15, 0.2) is 0 Å². The van der Waals surface area contributed by atoms with Gasteiger partial charge in [0.05, 0.1) is 2.88 Å². The van der Waals surface area contributed by atoms with E-state index < -0.39 is 0 Å². The SMILES string of the molecule is IC1=CC=c2sc(I)cc2=CC1. The Morgan fingerprint density at radius 3 is 2.92 bits per heavy atom. The van der Waals surface area contributed by atoms with Crippen molar-refractivity contribution >= 4 is 68.7 Å². The predicted molar refractivity (Wildman–Crippen MR) is 71.9 cm³/mol. The average Bonchev–Trinajstić information content (AvgIpc) is 2.31. The van der Waals surface area contributed by atoms with Gasteiger partial charge in [-0.2, -0.15) is 0 Å². The lowest BCUT2D eigenvalue weighted by Gasteiger charge is -1.85. The van der Waals surface area contributed by atoms with Gasteiger partial charge < -0.3 is 0 Å². The molecule has 0 N–H and O–H groups in total. The quantitative estimate of drug-likeness (QED) is 0.588. The largest absolute Gasteiger partial charge is 0.129 e. The molecule has 0 radical (unpaired) electrons. The van der Waals surface area contributed by atoms with Gasteiger partial charge in [-0.25, -0.2) is 0 Å². The van der Waals surface area contributed by atoms with Crippen LogP contribution in [0.4, 0.5) is 0 Å². The third-order valence-electron chi connectivity index (χ3n) is 1.69. The maximum Gasteiger partial charge on any atom is 0.0665 e. The number of fused-ring (bicyclic) bond motifs is 1. The molecule has 1 aromatic heterocycles. The Morgan fingerprint density at radius 2 is 2.08 bits per heavy atom. The molecule has 1 aliphatic rings. The van der Waals surface area contributed by atoms with E-state index in [0.717, 1.165) is 6.42 Å². The Morgan fingerprint density at radius 1 is 1.25 bits per heavy atom. The molecule has 0 saturated heterocycles. The molecule has 2 rings (SSSR count). The molecule has 0 aromatic carbocycles.